The Labute approximate surface area is 55.8 Å². The first-order valence-electron chi connectivity index (χ1n) is 3.30. The SMILES string of the molecule is C=C1C(O)CCCN1C. The van der Waals surface area contributed by atoms with Crippen molar-refractivity contribution in [1.82, 2.24) is 4.90 Å². The molecule has 0 aromatic heterocycles. The fourth-order valence-corrected chi connectivity index (χ4v) is 1.09. The lowest BCUT2D eigenvalue weighted by Gasteiger charge is -2.30. The van der Waals surface area contributed by atoms with Crippen molar-refractivity contribution in [2.45, 2.75) is 18.9 Å². The third kappa shape index (κ3) is 1.24. The lowest BCUT2D eigenvalue weighted by Crippen LogP contribution is -2.32. The summed E-state index contributed by atoms with van der Waals surface area (Å²) in [6.45, 7) is 4.79. The summed E-state index contributed by atoms with van der Waals surface area (Å²) in [6.07, 6.45) is 1.67. The molecule has 1 atom stereocenters. The average molecular weight is 127 g/mol. The molecule has 0 amide bonds. The normalized spacial score (nSPS) is 28.9. The number of rotatable bonds is 0. The summed E-state index contributed by atoms with van der Waals surface area (Å²) in [6, 6.07) is 0. The molecule has 0 aromatic rings. The molecule has 0 spiro atoms. The van der Waals surface area contributed by atoms with Gasteiger partial charge in [0.05, 0.1) is 6.10 Å². The molecule has 1 aliphatic rings. The van der Waals surface area contributed by atoms with Crippen LogP contribution >= 0.6 is 0 Å². The maximum absolute atomic E-state index is 9.21. The Bertz CT molecular complexity index is 110. The first-order valence-corrected chi connectivity index (χ1v) is 3.30. The Morgan fingerprint density at radius 1 is 1.78 bits per heavy atom. The van der Waals surface area contributed by atoms with Crippen LogP contribution in [0.4, 0.5) is 0 Å². The van der Waals surface area contributed by atoms with Gasteiger partial charge in [0, 0.05) is 19.3 Å². The number of hydrogen-bond acceptors (Lipinski definition) is 2. The van der Waals surface area contributed by atoms with Crippen LogP contribution in [0.15, 0.2) is 12.3 Å². The van der Waals surface area contributed by atoms with Crippen molar-refractivity contribution in [3.8, 4) is 0 Å². The summed E-state index contributed by atoms with van der Waals surface area (Å²) in [5.41, 5.74) is 0.862. The number of likely N-dealkylation sites (N-methyl/N-ethyl adjacent to an activating group) is 1. The van der Waals surface area contributed by atoms with Gasteiger partial charge in [-0.25, -0.2) is 0 Å². The molecule has 0 radical (unpaired) electrons. The molecule has 0 aromatic carbocycles. The average Bonchev–Trinajstić information content (AvgIpc) is 1.83. The van der Waals surface area contributed by atoms with Crippen LogP contribution in [0, 0.1) is 0 Å². The van der Waals surface area contributed by atoms with E-state index in [4.69, 9.17) is 0 Å². The number of nitrogens with zero attached hydrogens (tertiary/aromatic N) is 1. The molecule has 1 rings (SSSR count). The Hall–Kier alpha value is -0.500. The number of likely N-dealkylation sites (tertiary alicyclic amines) is 1. The predicted octanol–water partition coefficient (Wildman–Crippen LogP) is 0.587. The van der Waals surface area contributed by atoms with Gasteiger partial charge in [-0.2, -0.15) is 0 Å². The Kier molecular flexibility index (Phi) is 1.76. The number of aliphatic hydroxyl groups excluding tert-OH is 1. The van der Waals surface area contributed by atoms with E-state index in [1.54, 1.807) is 0 Å². The van der Waals surface area contributed by atoms with Gasteiger partial charge >= 0.3 is 0 Å². The molecule has 1 aliphatic heterocycles. The molecule has 1 unspecified atom stereocenters. The summed E-state index contributed by atoms with van der Waals surface area (Å²) >= 11 is 0. The van der Waals surface area contributed by atoms with Crippen LogP contribution in [-0.4, -0.2) is 29.7 Å². The van der Waals surface area contributed by atoms with E-state index in [9.17, 15) is 5.11 Å². The molecule has 1 fully saturated rings. The van der Waals surface area contributed by atoms with Crippen molar-refractivity contribution in [2.24, 2.45) is 0 Å². The number of hydrogen-bond donors (Lipinski definition) is 1. The summed E-state index contributed by atoms with van der Waals surface area (Å²) in [5.74, 6) is 0. The maximum atomic E-state index is 9.21. The monoisotopic (exact) mass is 127 g/mol. The fourth-order valence-electron chi connectivity index (χ4n) is 1.09. The molecule has 2 heteroatoms. The molecule has 1 N–H and O–H groups in total. The van der Waals surface area contributed by atoms with E-state index in [0.29, 0.717) is 0 Å². The number of aliphatic hydroxyl groups is 1. The van der Waals surface area contributed by atoms with Crippen LogP contribution < -0.4 is 0 Å². The minimum atomic E-state index is -0.288. The van der Waals surface area contributed by atoms with Crippen LogP contribution in [0.25, 0.3) is 0 Å². The quantitative estimate of drug-likeness (QED) is 0.514. The van der Waals surface area contributed by atoms with E-state index in [1.165, 1.54) is 0 Å². The van der Waals surface area contributed by atoms with Crippen molar-refractivity contribution in [2.75, 3.05) is 13.6 Å². The van der Waals surface area contributed by atoms with Gasteiger partial charge in [0.15, 0.2) is 0 Å². The standard InChI is InChI=1S/C7H13NO/c1-6-7(9)4-3-5-8(6)2/h7,9H,1,3-5H2,2H3. The highest BCUT2D eigenvalue weighted by Gasteiger charge is 2.17. The van der Waals surface area contributed by atoms with Crippen molar-refractivity contribution >= 4 is 0 Å². The summed E-state index contributed by atoms with van der Waals surface area (Å²) in [4.78, 5) is 2.01. The van der Waals surface area contributed by atoms with E-state index >= 15 is 0 Å². The topological polar surface area (TPSA) is 23.5 Å². The van der Waals surface area contributed by atoms with Gasteiger partial charge in [0.1, 0.15) is 0 Å². The van der Waals surface area contributed by atoms with Gasteiger partial charge in [-0.1, -0.05) is 6.58 Å². The zero-order valence-corrected chi connectivity index (χ0v) is 5.80. The third-order valence-electron chi connectivity index (χ3n) is 1.85. The van der Waals surface area contributed by atoms with E-state index in [0.717, 1.165) is 25.1 Å². The molecule has 0 bridgehead atoms. The molecule has 0 aliphatic carbocycles. The molecule has 9 heavy (non-hydrogen) atoms. The molecule has 1 heterocycles. The fraction of sp³-hybridized carbons (Fsp3) is 0.714. The largest absolute Gasteiger partial charge is 0.387 e. The number of piperidine rings is 1. The first kappa shape index (κ1) is 6.62. The Balaban J connectivity index is 2.52. The summed E-state index contributed by atoms with van der Waals surface area (Å²) < 4.78 is 0. The second kappa shape index (κ2) is 2.40. The lowest BCUT2D eigenvalue weighted by atomic mass is 10.1. The van der Waals surface area contributed by atoms with Crippen LogP contribution in [0.3, 0.4) is 0 Å². The molecule has 2 nitrogen and oxygen atoms in total. The maximum Gasteiger partial charge on any atom is 0.0930 e. The molecule has 1 saturated heterocycles. The minimum absolute atomic E-state index is 0.288. The highest BCUT2D eigenvalue weighted by molar-refractivity contribution is 5.02. The predicted molar refractivity (Wildman–Crippen MR) is 37.0 cm³/mol. The van der Waals surface area contributed by atoms with Gasteiger partial charge in [0.2, 0.25) is 0 Å². The smallest absolute Gasteiger partial charge is 0.0930 e. The van der Waals surface area contributed by atoms with Gasteiger partial charge in [-0.15, -0.1) is 0 Å². The van der Waals surface area contributed by atoms with Gasteiger partial charge in [0.25, 0.3) is 0 Å². The van der Waals surface area contributed by atoms with E-state index in [2.05, 4.69) is 6.58 Å². The third-order valence-corrected chi connectivity index (χ3v) is 1.85. The Morgan fingerprint density at radius 3 is 2.89 bits per heavy atom. The lowest BCUT2D eigenvalue weighted by molar-refractivity contribution is 0.132. The zero-order chi connectivity index (χ0) is 6.85. The van der Waals surface area contributed by atoms with Crippen molar-refractivity contribution in [3.05, 3.63) is 12.3 Å². The van der Waals surface area contributed by atoms with Crippen LogP contribution in [0.5, 0.6) is 0 Å². The zero-order valence-electron chi connectivity index (χ0n) is 5.80. The van der Waals surface area contributed by atoms with Gasteiger partial charge < -0.3 is 10.0 Å². The van der Waals surface area contributed by atoms with Crippen molar-refractivity contribution in [3.63, 3.8) is 0 Å². The van der Waals surface area contributed by atoms with Crippen LogP contribution in [-0.2, 0) is 0 Å². The molecule has 52 valence electrons. The van der Waals surface area contributed by atoms with E-state index in [-0.39, 0.29) is 6.10 Å². The minimum Gasteiger partial charge on any atom is -0.387 e. The highest BCUT2D eigenvalue weighted by Crippen LogP contribution is 2.16. The van der Waals surface area contributed by atoms with Crippen molar-refractivity contribution < 1.29 is 5.11 Å². The van der Waals surface area contributed by atoms with Gasteiger partial charge in [-0.05, 0) is 12.8 Å². The first-order chi connectivity index (χ1) is 4.22. The summed E-state index contributed by atoms with van der Waals surface area (Å²) in [5, 5.41) is 9.21. The van der Waals surface area contributed by atoms with Crippen molar-refractivity contribution in [1.29, 1.82) is 0 Å². The highest BCUT2D eigenvalue weighted by atomic mass is 16.3. The van der Waals surface area contributed by atoms with E-state index < -0.39 is 0 Å². The second-order valence-corrected chi connectivity index (χ2v) is 2.57. The Morgan fingerprint density at radius 2 is 2.44 bits per heavy atom. The van der Waals surface area contributed by atoms with Gasteiger partial charge in [-0.3, -0.25) is 0 Å². The van der Waals surface area contributed by atoms with E-state index in [1.807, 2.05) is 11.9 Å². The van der Waals surface area contributed by atoms with Crippen LogP contribution in [0.2, 0.25) is 0 Å². The molecule has 0 saturated carbocycles. The summed E-state index contributed by atoms with van der Waals surface area (Å²) in [7, 11) is 1.96. The molecular formula is C7H13NO. The second-order valence-electron chi connectivity index (χ2n) is 2.57. The van der Waals surface area contributed by atoms with Crippen LogP contribution in [0.1, 0.15) is 12.8 Å². The molecular weight excluding hydrogens is 114 g/mol.